The fraction of sp³-hybridized carbons (Fsp3) is 0.107. The predicted octanol–water partition coefficient (Wildman–Crippen LogP) is 4.49. The molecule has 0 saturated carbocycles. The van der Waals surface area contributed by atoms with Gasteiger partial charge in [-0.3, -0.25) is 4.79 Å². The van der Waals surface area contributed by atoms with Crippen molar-refractivity contribution in [3.05, 3.63) is 102 Å². The van der Waals surface area contributed by atoms with Crippen molar-refractivity contribution in [2.24, 2.45) is 5.10 Å². The van der Waals surface area contributed by atoms with E-state index in [0.29, 0.717) is 6.42 Å². The minimum Gasteiger partial charge on any atom is -0.504 e. The van der Waals surface area contributed by atoms with Gasteiger partial charge in [-0.05, 0) is 40.1 Å². The van der Waals surface area contributed by atoms with Crippen molar-refractivity contribution in [3.8, 4) is 17.2 Å². The summed E-state index contributed by atoms with van der Waals surface area (Å²) in [5.74, 6) is -3.58. The fourth-order valence-electron chi connectivity index (χ4n) is 4.22. The van der Waals surface area contributed by atoms with Gasteiger partial charge in [0.15, 0.2) is 23.9 Å². The molecule has 3 N–H and O–H groups in total. The smallest absolute Gasteiger partial charge is 0.338 e. The molecule has 0 spiro atoms. The number of esters is 1. The van der Waals surface area contributed by atoms with Crippen molar-refractivity contribution in [2.45, 2.75) is 12.5 Å². The van der Waals surface area contributed by atoms with Crippen LogP contribution in [0, 0.1) is 0 Å². The van der Waals surface area contributed by atoms with Crippen LogP contribution in [0.3, 0.4) is 0 Å². The van der Waals surface area contributed by atoms with E-state index in [4.69, 9.17) is 4.74 Å². The van der Waals surface area contributed by atoms with Crippen LogP contribution in [0.15, 0.2) is 90.0 Å². The summed E-state index contributed by atoms with van der Waals surface area (Å²) in [7, 11) is 0. The molecular formula is C28H22N2O6. The third-order valence-corrected chi connectivity index (χ3v) is 6.07. The third kappa shape index (κ3) is 4.44. The topological polar surface area (TPSA) is 120 Å². The van der Waals surface area contributed by atoms with Gasteiger partial charge in [0.05, 0.1) is 17.3 Å². The maximum Gasteiger partial charge on any atom is 0.338 e. The molecule has 1 aliphatic rings. The predicted molar refractivity (Wildman–Crippen MR) is 133 cm³/mol. The monoisotopic (exact) mass is 482 g/mol. The van der Waals surface area contributed by atoms with Crippen molar-refractivity contribution in [1.82, 2.24) is 5.01 Å². The lowest BCUT2D eigenvalue weighted by molar-refractivity contribution is -0.136. The molecule has 180 valence electrons. The van der Waals surface area contributed by atoms with Gasteiger partial charge in [0, 0.05) is 6.42 Å². The summed E-state index contributed by atoms with van der Waals surface area (Å²) in [4.78, 5) is 25.6. The normalized spacial score (nSPS) is 15.1. The summed E-state index contributed by atoms with van der Waals surface area (Å²) in [6.07, 6.45) is 0.488. The van der Waals surface area contributed by atoms with Gasteiger partial charge in [-0.15, -0.1) is 0 Å². The summed E-state index contributed by atoms with van der Waals surface area (Å²) < 4.78 is 5.13. The van der Waals surface area contributed by atoms with Crippen LogP contribution in [0.1, 0.15) is 33.9 Å². The van der Waals surface area contributed by atoms with E-state index in [1.54, 1.807) is 0 Å². The molecule has 5 rings (SSSR count). The summed E-state index contributed by atoms with van der Waals surface area (Å²) in [6.45, 7) is -0.598. The molecule has 8 nitrogen and oxygen atoms in total. The van der Waals surface area contributed by atoms with Gasteiger partial charge in [-0.25, -0.2) is 9.80 Å². The van der Waals surface area contributed by atoms with E-state index in [1.807, 2.05) is 72.8 Å². The number of nitrogens with zero attached hydrogens (tertiary/aromatic N) is 2. The Morgan fingerprint density at radius 2 is 1.53 bits per heavy atom. The SMILES string of the molecule is O=C(OCC(=O)N1N=C(c2ccc3ccccc3c2)CC1c1ccccc1)c1cc(O)c(O)c(O)c1. The number of amides is 1. The second kappa shape index (κ2) is 9.42. The van der Waals surface area contributed by atoms with E-state index >= 15 is 0 Å². The largest absolute Gasteiger partial charge is 0.504 e. The number of carbonyl (C=O) groups excluding carboxylic acids is 2. The molecule has 0 bridgehead atoms. The van der Waals surface area contributed by atoms with Gasteiger partial charge in [0.25, 0.3) is 5.91 Å². The molecule has 0 aliphatic carbocycles. The zero-order valence-corrected chi connectivity index (χ0v) is 19.0. The van der Waals surface area contributed by atoms with E-state index in [1.165, 1.54) is 5.01 Å². The number of fused-ring (bicyclic) bond motifs is 1. The molecule has 0 fully saturated rings. The molecule has 0 aromatic heterocycles. The number of hydrazone groups is 1. The first-order valence-corrected chi connectivity index (χ1v) is 11.3. The Morgan fingerprint density at radius 1 is 0.861 bits per heavy atom. The van der Waals surface area contributed by atoms with E-state index in [2.05, 4.69) is 5.10 Å². The highest BCUT2D eigenvalue weighted by Crippen LogP contribution is 2.36. The fourth-order valence-corrected chi connectivity index (χ4v) is 4.22. The van der Waals surface area contributed by atoms with Crippen LogP contribution in [0.4, 0.5) is 0 Å². The summed E-state index contributed by atoms with van der Waals surface area (Å²) in [5.41, 5.74) is 2.32. The van der Waals surface area contributed by atoms with Gasteiger partial charge < -0.3 is 20.1 Å². The van der Waals surface area contributed by atoms with Gasteiger partial charge in [-0.2, -0.15) is 5.10 Å². The number of phenolic OH excluding ortho intramolecular Hbond substituents is 3. The standard InChI is InChI=1S/C28H22N2O6/c31-24-13-21(14-25(32)27(24)34)28(35)36-16-26(33)30-23(18-7-2-1-3-8-18)15-22(29-30)20-11-10-17-6-4-5-9-19(17)12-20/h1-14,23,31-32,34H,15-16H2. The maximum atomic E-state index is 13.1. The average molecular weight is 482 g/mol. The molecule has 1 unspecified atom stereocenters. The Bertz CT molecular complexity index is 1480. The molecular weight excluding hydrogens is 460 g/mol. The molecule has 1 heterocycles. The van der Waals surface area contributed by atoms with Gasteiger partial charge >= 0.3 is 5.97 Å². The van der Waals surface area contributed by atoms with Crippen LogP contribution in [0.25, 0.3) is 10.8 Å². The second-order valence-electron chi connectivity index (χ2n) is 8.42. The average Bonchev–Trinajstić information content (AvgIpc) is 3.36. The van der Waals surface area contributed by atoms with E-state index < -0.39 is 35.7 Å². The maximum absolute atomic E-state index is 13.1. The van der Waals surface area contributed by atoms with Crippen molar-refractivity contribution < 1.29 is 29.6 Å². The first-order chi connectivity index (χ1) is 17.4. The van der Waals surface area contributed by atoms with Crippen LogP contribution in [0.2, 0.25) is 0 Å². The number of carbonyl (C=O) groups is 2. The zero-order valence-electron chi connectivity index (χ0n) is 19.0. The Labute approximate surface area is 206 Å². The van der Waals surface area contributed by atoms with Gasteiger partial charge in [-0.1, -0.05) is 66.7 Å². The Morgan fingerprint density at radius 3 is 2.25 bits per heavy atom. The second-order valence-corrected chi connectivity index (χ2v) is 8.42. The van der Waals surface area contributed by atoms with Crippen LogP contribution in [0.5, 0.6) is 17.2 Å². The van der Waals surface area contributed by atoms with Crippen LogP contribution >= 0.6 is 0 Å². The summed E-state index contributed by atoms with van der Waals surface area (Å²) >= 11 is 0. The Hall–Kier alpha value is -4.85. The third-order valence-electron chi connectivity index (χ3n) is 6.07. The molecule has 4 aromatic rings. The van der Waals surface area contributed by atoms with Crippen molar-refractivity contribution in [2.75, 3.05) is 6.61 Å². The van der Waals surface area contributed by atoms with E-state index in [-0.39, 0.29) is 11.6 Å². The van der Waals surface area contributed by atoms with Crippen LogP contribution in [-0.4, -0.2) is 44.5 Å². The summed E-state index contributed by atoms with van der Waals surface area (Å²) in [6, 6.07) is 25.0. The molecule has 1 aliphatic heterocycles. The van der Waals surface area contributed by atoms with E-state index in [0.717, 1.165) is 39.7 Å². The van der Waals surface area contributed by atoms with Crippen LogP contribution in [-0.2, 0) is 9.53 Å². The quantitative estimate of drug-likeness (QED) is 0.285. The first-order valence-electron chi connectivity index (χ1n) is 11.3. The number of phenols is 3. The highest BCUT2D eigenvalue weighted by Gasteiger charge is 2.33. The lowest BCUT2D eigenvalue weighted by atomic mass is 9.97. The Balaban J connectivity index is 1.39. The first kappa shape index (κ1) is 22.9. The highest BCUT2D eigenvalue weighted by atomic mass is 16.5. The van der Waals surface area contributed by atoms with Gasteiger partial charge in [0.1, 0.15) is 0 Å². The number of ether oxygens (including phenoxy) is 1. The van der Waals surface area contributed by atoms with E-state index in [9.17, 15) is 24.9 Å². The van der Waals surface area contributed by atoms with Crippen molar-refractivity contribution in [1.29, 1.82) is 0 Å². The van der Waals surface area contributed by atoms with Gasteiger partial charge in [0.2, 0.25) is 0 Å². The summed E-state index contributed by atoms with van der Waals surface area (Å²) in [5, 5.41) is 36.8. The number of aromatic hydroxyl groups is 3. The Kier molecular flexibility index (Phi) is 6.00. The van der Waals surface area contributed by atoms with Crippen LogP contribution < -0.4 is 0 Å². The highest BCUT2D eigenvalue weighted by molar-refractivity contribution is 6.05. The molecule has 8 heteroatoms. The molecule has 36 heavy (non-hydrogen) atoms. The molecule has 1 atom stereocenters. The number of hydrogen-bond acceptors (Lipinski definition) is 7. The van der Waals surface area contributed by atoms with Crippen molar-refractivity contribution >= 4 is 28.4 Å². The zero-order chi connectivity index (χ0) is 25.2. The molecule has 1 amide bonds. The lowest BCUT2D eigenvalue weighted by Gasteiger charge is -2.22. The molecule has 0 radical (unpaired) electrons. The number of rotatable bonds is 5. The lowest BCUT2D eigenvalue weighted by Crippen LogP contribution is -2.31. The molecule has 0 saturated heterocycles. The number of hydrogen-bond donors (Lipinski definition) is 3. The molecule has 4 aromatic carbocycles. The van der Waals surface area contributed by atoms with Crippen molar-refractivity contribution in [3.63, 3.8) is 0 Å². The minimum atomic E-state index is -0.942. The minimum absolute atomic E-state index is 0.211. The number of benzene rings is 4.